The van der Waals surface area contributed by atoms with Gasteiger partial charge in [-0.25, -0.2) is 0 Å². The molecule has 0 aliphatic carbocycles. The van der Waals surface area contributed by atoms with E-state index < -0.39 is 0 Å². The van der Waals surface area contributed by atoms with Crippen molar-refractivity contribution in [2.45, 2.75) is 27.7 Å². The molecule has 0 spiro atoms. The number of carbonyl (C=O) groups is 1. The Morgan fingerprint density at radius 1 is 1.40 bits per heavy atom. The number of nitrogens with two attached hydrogens (primary N) is 1. The lowest BCUT2D eigenvalue weighted by molar-refractivity contribution is -0.115. The SMILES string of the molecule is CC=C(C(N)=O)C(C)(C)C. The van der Waals surface area contributed by atoms with Gasteiger partial charge in [0.1, 0.15) is 0 Å². The van der Waals surface area contributed by atoms with Crippen LogP contribution in [-0.2, 0) is 4.79 Å². The van der Waals surface area contributed by atoms with Crippen LogP contribution in [0.4, 0.5) is 0 Å². The summed E-state index contributed by atoms with van der Waals surface area (Å²) < 4.78 is 0. The summed E-state index contributed by atoms with van der Waals surface area (Å²) in [6.45, 7) is 7.72. The number of carbonyl (C=O) groups excluding carboxylic acids is 1. The lowest BCUT2D eigenvalue weighted by atomic mass is 9.86. The Balaban J connectivity index is 4.56. The van der Waals surface area contributed by atoms with Crippen molar-refractivity contribution >= 4 is 5.91 Å². The Kier molecular flexibility index (Phi) is 2.64. The Hall–Kier alpha value is -0.790. The molecule has 0 aromatic rings. The van der Waals surface area contributed by atoms with Crippen molar-refractivity contribution in [3.8, 4) is 0 Å². The Bertz CT molecular complexity index is 163. The van der Waals surface area contributed by atoms with Crippen molar-refractivity contribution in [1.29, 1.82) is 0 Å². The zero-order valence-electron chi connectivity index (χ0n) is 7.06. The van der Waals surface area contributed by atoms with E-state index >= 15 is 0 Å². The molecular weight excluding hydrogens is 126 g/mol. The molecule has 0 unspecified atom stereocenters. The molecule has 2 N–H and O–H groups in total. The van der Waals surface area contributed by atoms with Gasteiger partial charge in [-0.3, -0.25) is 4.79 Å². The number of hydrogen-bond donors (Lipinski definition) is 1. The van der Waals surface area contributed by atoms with Crippen LogP contribution >= 0.6 is 0 Å². The predicted molar refractivity (Wildman–Crippen MR) is 42.4 cm³/mol. The fourth-order valence-electron chi connectivity index (χ4n) is 0.945. The van der Waals surface area contributed by atoms with E-state index in [2.05, 4.69) is 0 Å². The van der Waals surface area contributed by atoms with Gasteiger partial charge in [0.2, 0.25) is 5.91 Å². The highest BCUT2D eigenvalue weighted by molar-refractivity contribution is 5.92. The third kappa shape index (κ3) is 2.21. The highest BCUT2D eigenvalue weighted by Crippen LogP contribution is 2.23. The minimum Gasteiger partial charge on any atom is -0.366 e. The van der Waals surface area contributed by atoms with Gasteiger partial charge in [-0.15, -0.1) is 0 Å². The molecule has 0 rings (SSSR count). The van der Waals surface area contributed by atoms with Gasteiger partial charge in [-0.1, -0.05) is 26.8 Å². The number of allylic oxidation sites excluding steroid dienone is 1. The van der Waals surface area contributed by atoms with E-state index in [4.69, 9.17) is 5.73 Å². The smallest absolute Gasteiger partial charge is 0.244 e. The zero-order valence-corrected chi connectivity index (χ0v) is 7.06. The van der Waals surface area contributed by atoms with Gasteiger partial charge in [0.05, 0.1) is 0 Å². The van der Waals surface area contributed by atoms with Crippen LogP contribution in [0.2, 0.25) is 0 Å². The Labute approximate surface area is 62.1 Å². The quantitative estimate of drug-likeness (QED) is 0.552. The maximum atomic E-state index is 10.7. The summed E-state index contributed by atoms with van der Waals surface area (Å²) in [7, 11) is 0. The van der Waals surface area contributed by atoms with E-state index in [0.717, 1.165) is 0 Å². The van der Waals surface area contributed by atoms with E-state index in [1.54, 1.807) is 6.08 Å². The van der Waals surface area contributed by atoms with Crippen LogP contribution in [0.25, 0.3) is 0 Å². The average molecular weight is 141 g/mol. The molecule has 0 saturated heterocycles. The van der Waals surface area contributed by atoms with Crippen LogP contribution in [0, 0.1) is 5.41 Å². The Morgan fingerprint density at radius 3 is 1.80 bits per heavy atom. The molecule has 0 heterocycles. The number of amides is 1. The van der Waals surface area contributed by atoms with E-state index in [9.17, 15) is 4.79 Å². The molecule has 10 heavy (non-hydrogen) atoms. The van der Waals surface area contributed by atoms with E-state index in [1.807, 2.05) is 27.7 Å². The van der Waals surface area contributed by atoms with Crippen LogP contribution in [0.5, 0.6) is 0 Å². The molecule has 0 bridgehead atoms. The van der Waals surface area contributed by atoms with Gasteiger partial charge in [0, 0.05) is 5.57 Å². The monoisotopic (exact) mass is 141 g/mol. The van der Waals surface area contributed by atoms with Gasteiger partial charge >= 0.3 is 0 Å². The Morgan fingerprint density at radius 2 is 1.80 bits per heavy atom. The topological polar surface area (TPSA) is 43.1 Å². The van der Waals surface area contributed by atoms with Crippen LogP contribution in [-0.4, -0.2) is 5.91 Å². The minimum absolute atomic E-state index is 0.124. The molecule has 0 aliphatic rings. The molecule has 1 amide bonds. The highest BCUT2D eigenvalue weighted by atomic mass is 16.1. The third-order valence-electron chi connectivity index (χ3n) is 1.36. The van der Waals surface area contributed by atoms with Crippen molar-refractivity contribution in [3.05, 3.63) is 11.6 Å². The third-order valence-corrected chi connectivity index (χ3v) is 1.36. The van der Waals surface area contributed by atoms with Gasteiger partial charge in [-0.2, -0.15) is 0 Å². The molecule has 0 aromatic heterocycles. The molecule has 2 nitrogen and oxygen atoms in total. The number of rotatable bonds is 1. The summed E-state index contributed by atoms with van der Waals surface area (Å²) in [5.41, 5.74) is 5.69. The second kappa shape index (κ2) is 2.86. The molecule has 2 heteroatoms. The second-order valence-electron chi connectivity index (χ2n) is 3.32. The summed E-state index contributed by atoms with van der Waals surface area (Å²) in [5.74, 6) is -0.324. The van der Waals surface area contributed by atoms with Crippen LogP contribution < -0.4 is 5.73 Å². The number of hydrogen-bond acceptors (Lipinski definition) is 1. The maximum absolute atomic E-state index is 10.7. The molecule has 0 aromatic carbocycles. The standard InChI is InChI=1S/C8H15NO/c1-5-6(7(9)10)8(2,3)4/h5H,1-4H3,(H2,9,10). The fourth-order valence-corrected chi connectivity index (χ4v) is 0.945. The summed E-state index contributed by atoms with van der Waals surface area (Å²) in [6, 6.07) is 0. The van der Waals surface area contributed by atoms with Gasteiger partial charge in [-0.05, 0) is 12.3 Å². The summed E-state index contributed by atoms with van der Waals surface area (Å²) in [4.78, 5) is 10.7. The maximum Gasteiger partial charge on any atom is 0.244 e. The fraction of sp³-hybridized carbons (Fsp3) is 0.625. The lowest BCUT2D eigenvalue weighted by Gasteiger charge is -2.19. The van der Waals surface area contributed by atoms with Gasteiger partial charge in [0.15, 0.2) is 0 Å². The first-order valence-corrected chi connectivity index (χ1v) is 3.36. The molecule has 0 atom stereocenters. The van der Waals surface area contributed by atoms with E-state index in [1.165, 1.54) is 0 Å². The second-order valence-corrected chi connectivity index (χ2v) is 3.32. The largest absolute Gasteiger partial charge is 0.366 e. The summed E-state index contributed by atoms with van der Waals surface area (Å²) >= 11 is 0. The van der Waals surface area contributed by atoms with Crippen LogP contribution in [0.1, 0.15) is 27.7 Å². The molecule has 0 aliphatic heterocycles. The van der Waals surface area contributed by atoms with Gasteiger partial charge < -0.3 is 5.73 Å². The lowest BCUT2D eigenvalue weighted by Crippen LogP contribution is -2.24. The van der Waals surface area contributed by atoms with Crippen LogP contribution in [0.15, 0.2) is 11.6 Å². The van der Waals surface area contributed by atoms with Crippen molar-refractivity contribution in [2.75, 3.05) is 0 Å². The first-order valence-electron chi connectivity index (χ1n) is 3.36. The van der Waals surface area contributed by atoms with E-state index in [-0.39, 0.29) is 11.3 Å². The molecule has 0 radical (unpaired) electrons. The average Bonchev–Trinajstić information content (AvgIpc) is 1.60. The summed E-state index contributed by atoms with van der Waals surface area (Å²) in [5, 5.41) is 0. The summed E-state index contributed by atoms with van der Waals surface area (Å²) in [6.07, 6.45) is 1.77. The molecule has 0 saturated carbocycles. The van der Waals surface area contributed by atoms with Crippen molar-refractivity contribution in [2.24, 2.45) is 11.1 Å². The zero-order chi connectivity index (χ0) is 8.36. The molecular formula is C8H15NO. The highest BCUT2D eigenvalue weighted by Gasteiger charge is 2.19. The first-order chi connectivity index (χ1) is 4.39. The first kappa shape index (κ1) is 9.21. The predicted octanol–water partition coefficient (Wildman–Crippen LogP) is 1.46. The van der Waals surface area contributed by atoms with Gasteiger partial charge in [0.25, 0.3) is 0 Å². The van der Waals surface area contributed by atoms with Crippen LogP contribution in [0.3, 0.4) is 0 Å². The minimum atomic E-state index is -0.324. The van der Waals surface area contributed by atoms with Crippen molar-refractivity contribution < 1.29 is 4.79 Å². The van der Waals surface area contributed by atoms with E-state index in [0.29, 0.717) is 5.57 Å². The molecule has 58 valence electrons. The van der Waals surface area contributed by atoms with Crippen molar-refractivity contribution in [1.82, 2.24) is 0 Å². The number of primary amides is 1. The van der Waals surface area contributed by atoms with Crippen molar-refractivity contribution in [3.63, 3.8) is 0 Å². The molecule has 0 fully saturated rings. The normalized spacial score (nSPS) is 13.4.